The molecule has 0 spiro atoms. The molecule has 2 atom stereocenters. The van der Waals surface area contributed by atoms with E-state index in [2.05, 4.69) is 15.4 Å². The maximum atomic E-state index is 12.5. The van der Waals surface area contributed by atoms with Crippen LogP contribution in [0, 0.1) is 6.92 Å². The number of nitrogens with two attached hydrogens (primary N) is 4. The number of benzene rings is 2. The Kier molecular flexibility index (Phi) is 9.53. The van der Waals surface area contributed by atoms with Gasteiger partial charge in [0.25, 0.3) is 0 Å². The van der Waals surface area contributed by atoms with Crippen molar-refractivity contribution in [3.8, 4) is 11.1 Å². The van der Waals surface area contributed by atoms with E-state index in [0.717, 1.165) is 22.4 Å². The lowest BCUT2D eigenvalue weighted by atomic mass is 9.95. The molecule has 2 aromatic carbocycles. The number of hydrazine groups is 1. The molecule has 0 aliphatic rings. The summed E-state index contributed by atoms with van der Waals surface area (Å²) in [6.07, 6.45) is 2.77. The summed E-state index contributed by atoms with van der Waals surface area (Å²) >= 11 is -2.20. The van der Waals surface area contributed by atoms with Crippen molar-refractivity contribution in [2.24, 2.45) is 27.6 Å². The number of hydrogen-bond donors (Lipinski definition) is 6. The highest BCUT2D eigenvalue weighted by atomic mass is 32.2. The van der Waals surface area contributed by atoms with Crippen LogP contribution < -0.4 is 32.7 Å². The van der Waals surface area contributed by atoms with Crippen molar-refractivity contribution in [1.82, 2.24) is 10.3 Å². The number of nitrogens with one attached hydrogen (secondary N) is 2. The molecule has 9 nitrogen and oxygen atoms in total. The standard InChI is InChI=1S/C19H27N7O2S3/c1-4-6-16(20)29-14-8-5-7-12(11(14)2)13-9-10-15(31(28)24-3)18(30(23)27)17(13)19(21)25-26-22/h5-10,24,26H,4,20,22-23H2,1-3H3,(H2,21,25)/b16-6+. The van der Waals surface area contributed by atoms with Gasteiger partial charge in [0.2, 0.25) is 9.79 Å². The number of allylic oxidation sites excluding steroid dienone is 1. The molecule has 0 aliphatic heterocycles. The van der Waals surface area contributed by atoms with Crippen LogP contribution in [-0.2, 0) is 22.7 Å². The second-order valence-corrected chi connectivity index (χ2v) is 9.76. The van der Waals surface area contributed by atoms with Crippen LogP contribution in [-0.4, -0.2) is 22.0 Å². The van der Waals surface area contributed by atoms with Crippen molar-refractivity contribution in [3.05, 3.63) is 52.6 Å². The minimum Gasteiger partial charge on any atom is -0.593 e. The summed E-state index contributed by atoms with van der Waals surface area (Å²) in [5, 5.41) is 10.3. The summed E-state index contributed by atoms with van der Waals surface area (Å²) in [7, 11) is 1.52. The molecule has 0 amide bonds. The average molecular weight is 482 g/mol. The molecule has 0 heterocycles. The average Bonchev–Trinajstić information content (AvgIpc) is 2.74. The van der Waals surface area contributed by atoms with Gasteiger partial charge in [0.15, 0.2) is 5.84 Å². The van der Waals surface area contributed by atoms with Gasteiger partial charge in [-0.05, 0) is 42.2 Å². The maximum Gasteiger partial charge on any atom is 0.241 e. The van der Waals surface area contributed by atoms with Gasteiger partial charge in [0, 0.05) is 18.0 Å². The molecule has 12 heteroatoms. The topological polar surface area (TPSA) is 187 Å². The highest BCUT2D eigenvalue weighted by molar-refractivity contribution is 8.03. The fourth-order valence-electron chi connectivity index (χ4n) is 3.01. The number of hydrogen-bond acceptors (Lipinski definition) is 9. The largest absolute Gasteiger partial charge is 0.593 e. The molecular formula is C19H27N7O2S3. The zero-order valence-corrected chi connectivity index (χ0v) is 19.9. The second-order valence-electron chi connectivity index (χ2n) is 6.26. The number of nitrogens with zero attached hydrogens (tertiary/aromatic N) is 1. The molecule has 31 heavy (non-hydrogen) atoms. The Bertz CT molecular complexity index is 983. The van der Waals surface area contributed by atoms with E-state index in [1.807, 2.05) is 38.1 Å². The Labute approximate surface area is 192 Å². The molecule has 2 rings (SSSR count). The van der Waals surface area contributed by atoms with Crippen molar-refractivity contribution in [3.63, 3.8) is 0 Å². The molecule has 0 bridgehead atoms. The predicted octanol–water partition coefficient (Wildman–Crippen LogP) is 1.27. The zero-order chi connectivity index (χ0) is 23.1. The highest BCUT2D eigenvalue weighted by Gasteiger charge is 2.32. The lowest BCUT2D eigenvalue weighted by molar-refractivity contribution is 0.578. The van der Waals surface area contributed by atoms with Gasteiger partial charge in [-0.2, -0.15) is 0 Å². The third-order valence-electron chi connectivity index (χ3n) is 4.36. The number of rotatable bonds is 9. The van der Waals surface area contributed by atoms with E-state index < -0.39 is 22.7 Å². The molecular weight excluding hydrogens is 454 g/mol. The van der Waals surface area contributed by atoms with Gasteiger partial charge in [0.05, 0.1) is 33.3 Å². The Morgan fingerprint density at radius 1 is 1.19 bits per heavy atom. The van der Waals surface area contributed by atoms with E-state index >= 15 is 0 Å². The van der Waals surface area contributed by atoms with Crippen LogP contribution in [0.2, 0.25) is 0 Å². The summed E-state index contributed by atoms with van der Waals surface area (Å²) in [4.78, 5) is 1.32. The Morgan fingerprint density at radius 2 is 1.90 bits per heavy atom. The molecule has 0 saturated heterocycles. The molecule has 0 aromatic heterocycles. The molecule has 10 N–H and O–H groups in total. The summed E-state index contributed by atoms with van der Waals surface area (Å²) in [5.41, 5.74) is 17.1. The van der Waals surface area contributed by atoms with Crippen LogP contribution >= 0.6 is 11.8 Å². The molecule has 0 saturated carbocycles. The van der Waals surface area contributed by atoms with Gasteiger partial charge in [-0.25, -0.2) is 11.4 Å². The quantitative estimate of drug-likeness (QED) is 0.0765. The number of thioether (sulfide) groups is 1. The van der Waals surface area contributed by atoms with E-state index in [0.29, 0.717) is 16.2 Å². The summed E-state index contributed by atoms with van der Waals surface area (Å²) < 4.78 is 27.6. The van der Waals surface area contributed by atoms with Gasteiger partial charge in [0.1, 0.15) is 0 Å². The lowest BCUT2D eigenvalue weighted by Gasteiger charge is -2.19. The lowest BCUT2D eigenvalue weighted by Crippen LogP contribution is -2.30. The van der Waals surface area contributed by atoms with E-state index in [9.17, 15) is 9.11 Å². The Morgan fingerprint density at radius 3 is 2.48 bits per heavy atom. The van der Waals surface area contributed by atoms with Crippen molar-refractivity contribution >= 4 is 40.3 Å². The zero-order valence-electron chi connectivity index (χ0n) is 17.5. The molecule has 0 aliphatic carbocycles. The van der Waals surface area contributed by atoms with Crippen molar-refractivity contribution in [2.45, 2.75) is 35.0 Å². The fraction of sp³-hybridized carbons (Fsp3) is 0.211. The van der Waals surface area contributed by atoms with Crippen LogP contribution in [0.25, 0.3) is 11.1 Å². The van der Waals surface area contributed by atoms with Crippen LogP contribution in [0.5, 0.6) is 0 Å². The van der Waals surface area contributed by atoms with Crippen LogP contribution in [0.4, 0.5) is 0 Å². The molecule has 2 unspecified atom stereocenters. The fourth-order valence-corrected chi connectivity index (χ4v) is 5.76. The van der Waals surface area contributed by atoms with Gasteiger partial charge < -0.3 is 20.6 Å². The van der Waals surface area contributed by atoms with Gasteiger partial charge in [-0.3, -0.25) is 0 Å². The molecule has 2 aromatic rings. The first kappa shape index (κ1) is 25.4. The normalized spacial score (nSPS) is 14.4. The van der Waals surface area contributed by atoms with Crippen LogP contribution in [0.1, 0.15) is 24.5 Å². The monoisotopic (exact) mass is 481 g/mol. The first-order chi connectivity index (χ1) is 14.8. The van der Waals surface area contributed by atoms with Crippen LogP contribution in [0.3, 0.4) is 0 Å². The van der Waals surface area contributed by atoms with Crippen molar-refractivity contribution in [1.29, 1.82) is 0 Å². The number of hydrazone groups is 1. The minimum absolute atomic E-state index is 0.0379. The summed E-state index contributed by atoms with van der Waals surface area (Å²) in [6, 6.07) is 9.11. The molecule has 0 radical (unpaired) electrons. The van der Waals surface area contributed by atoms with Gasteiger partial charge >= 0.3 is 0 Å². The summed E-state index contributed by atoms with van der Waals surface area (Å²) in [6.45, 7) is 3.97. The van der Waals surface area contributed by atoms with E-state index in [1.54, 1.807) is 12.1 Å². The van der Waals surface area contributed by atoms with Gasteiger partial charge in [-0.1, -0.05) is 36.9 Å². The Balaban J connectivity index is 2.82. The molecule has 0 fully saturated rings. The van der Waals surface area contributed by atoms with E-state index in [-0.39, 0.29) is 15.6 Å². The third kappa shape index (κ3) is 5.87. The first-order valence-corrected chi connectivity index (χ1v) is 12.4. The highest BCUT2D eigenvalue weighted by Crippen LogP contribution is 2.38. The van der Waals surface area contributed by atoms with Crippen molar-refractivity contribution < 1.29 is 9.11 Å². The Hall–Kier alpha value is -1.90. The molecule has 168 valence electrons. The maximum absolute atomic E-state index is 12.5. The van der Waals surface area contributed by atoms with E-state index in [1.165, 1.54) is 18.8 Å². The van der Waals surface area contributed by atoms with Crippen molar-refractivity contribution in [2.75, 3.05) is 7.05 Å². The third-order valence-corrected chi connectivity index (χ3v) is 7.49. The first-order valence-electron chi connectivity index (χ1n) is 9.21. The van der Waals surface area contributed by atoms with Crippen LogP contribution in [0.15, 0.2) is 61.2 Å². The SMILES string of the molecule is CC/C=C(\N)Sc1cccc(-c2ccc([S+]([O-])NC)c([S+](N)[O-])c2/C(N)=N/NN)c1C. The van der Waals surface area contributed by atoms with E-state index in [4.69, 9.17) is 22.4 Å². The second kappa shape index (κ2) is 11.6. The summed E-state index contributed by atoms with van der Waals surface area (Å²) in [5.74, 6) is 5.28. The minimum atomic E-state index is -2.00. The van der Waals surface area contributed by atoms with Gasteiger partial charge in [-0.15, -0.1) is 15.0 Å². The smallest absolute Gasteiger partial charge is 0.241 e. The number of amidine groups is 1. The predicted molar refractivity (Wildman–Crippen MR) is 129 cm³/mol.